The number of hydroxylamine groups is 1. The molecule has 4 rings (SSSR count). The number of amides is 3. The molecule has 4 aromatic rings. The van der Waals surface area contributed by atoms with Crippen molar-refractivity contribution in [3.63, 3.8) is 0 Å². The first kappa shape index (κ1) is 31.5. The van der Waals surface area contributed by atoms with Gasteiger partial charge in [-0.05, 0) is 28.3 Å². The fourth-order valence-electron chi connectivity index (χ4n) is 4.99. The predicted octanol–water partition coefficient (Wildman–Crippen LogP) is 4.21. The number of likely N-dealkylation sites (N-methyl/N-ethyl adjacent to an activating group) is 1. The number of nitrogens with one attached hydrogen (secondary N) is 3. The quantitative estimate of drug-likeness (QED) is 0.0981. The minimum Gasteiger partial charge on any atom is -0.357 e. The Labute approximate surface area is 255 Å². The Morgan fingerprint density at radius 3 is 2.02 bits per heavy atom. The van der Waals surface area contributed by atoms with Crippen molar-refractivity contribution in [2.75, 3.05) is 18.6 Å². The molecule has 0 aliphatic carbocycles. The van der Waals surface area contributed by atoms with Gasteiger partial charge < -0.3 is 10.6 Å². The van der Waals surface area contributed by atoms with E-state index >= 15 is 0 Å². The second-order valence-electron chi connectivity index (χ2n) is 10.2. The summed E-state index contributed by atoms with van der Waals surface area (Å²) < 4.78 is 0. The van der Waals surface area contributed by atoms with Gasteiger partial charge in [-0.2, -0.15) is 11.8 Å². The lowest BCUT2D eigenvalue weighted by Gasteiger charge is -2.27. The van der Waals surface area contributed by atoms with Gasteiger partial charge in [0.1, 0.15) is 6.04 Å². The summed E-state index contributed by atoms with van der Waals surface area (Å²) in [5.41, 5.74) is 3.95. The molecular weight excluding hydrogens is 562 g/mol. The first-order valence-electron chi connectivity index (χ1n) is 14.0. The van der Waals surface area contributed by atoms with E-state index in [9.17, 15) is 24.4 Å². The maximum absolute atomic E-state index is 14.0. The van der Waals surface area contributed by atoms with Crippen LogP contribution in [0.25, 0.3) is 10.8 Å². The number of fused-ring (bicyclic) bond motifs is 1. The van der Waals surface area contributed by atoms with Crippen LogP contribution in [0.2, 0.25) is 0 Å². The minimum absolute atomic E-state index is 0.0956. The third-order valence-corrected chi connectivity index (χ3v) is 8.39. The van der Waals surface area contributed by atoms with Gasteiger partial charge in [-0.25, -0.2) is 5.48 Å². The monoisotopic (exact) mass is 597 g/mol. The van der Waals surface area contributed by atoms with Crippen molar-refractivity contribution in [3.8, 4) is 0 Å². The molecule has 0 unspecified atom stereocenters. The molecule has 9 heteroatoms. The largest absolute Gasteiger partial charge is 0.357 e. The second kappa shape index (κ2) is 15.7. The Hall–Kier alpha value is -4.47. The number of benzene rings is 4. The highest BCUT2D eigenvalue weighted by molar-refractivity contribution is 8.00. The first-order chi connectivity index (χ1) is 20.9. The fourth-order valence-corrected chi connectivity index (χ4v) is 6.10. The van der Waals surface area contributed by atoms with Crippen LogP contribution in [-0.4, -0.2) is 53.3 Å². The van der Waals surface area contributed by atoms with Crippen LogP contribution in [0.3, 0.4) is 0 Å². The van der Waals surface area contributed by atoms with Gasteiger partial charge in [-0.1, -0.05) is 103 Å². The molecule has 0 saturated carbocycles. The number of rotatable bonds is 14. The maximum Gasteiger partial charge on any atom is 0.248 e. The summed E-state index contributed by atoms with van der Waals surface area (Å²) in [7, 11) is 1.50. The molecule has 0 saturated heterocycles. The molecule has 0 aromatic heterocycles. The summed E-state index contributed by atoms with van der Waals surface area (Å²) >= 11 is 1.22. The molecule has 0 aliphatic heterocycles. The molecule has 0 fully saturated rings. The second-order valence-corrected chi connectivity index (χ2v) is 11.3. The molecule has 0 bridgehead atoms. The summed E-state index contributed by atoms with van der Waals surface area (Å²) in [6.07, 6.45) is 0.430. The highest BCUT2D eigenvalue weighted by atomic mass is 32.2. The van der Waals surface area contributed by atoms with Gasteiger partial charge in [0, 0.05) is 24.8 Å². The third-order valence-electron chi connectivity index (χ3n) is 7.33. The van der Waals surface area contributed by atoms with E-state index in [1.807, 2.05) is 78.9 Å². The van der Waals surface area contributed by atoms with E-state index in [1.54, 1.807) is 29.7 Å². The van der Waals surface area contributed by atoms with Crippen molar-refractivity contribution < 1.29 is 24.4 Å². The Morgan fingerprint density at radius 2 is 1.35 bits per heavy atom. The van der Waals surface area contributed by atoms with E-state index < -0.39 is 29.7 Å². The van der Waals surface area contributed by atoms with E-state index in [0.29, 0.717) is 5.56 Å². The zero-order valence-electron chi connectivity index (χ0n) is 23.9. The van der Waals surface area contributed by atoms with Crippen molar-refractivity contribution in [3.05, 3.63) is 120 Å². The predicted molar refractivity (Wildman–Crippen MR) is 169 cm³/mol. The van der Waals surface area contributed by atoms with Gasteiger partial charge >= 0.3 is 0 Å². The molecule has 4 N–H and O–H groups in total. The van der Waals surface area contributed by atoms with Crippen LogP contribution in [0, 0.1) is 11.8 Å². The lowest BCUT2D eigenvalue weighted by atomic mass is 9.85. The van der Waals surface area contributed by atoms with Gasteiger partial charge in [-0.15, -0.1) is 0 Å². The smallest absolute Gasteiger partial charge is 0.248 e. The number of thioether (sulfide) groups is 1. The van der Waals surface area contributed by atoms with Crippen LogP contribution in [0.15, 0.2) is 103 Å². The molecule has 3 amide bonds. The third kappa shape index (κ3) is 8.76. The van der Waals surface area contributed by atoms with E-state index in [2.05, 4.69) is 10.6 Å². The van der Waals surface area contributed by atoms with Crippen molar-refractivity contribution in [1.82, 2.24) is 16.1 Å². The van der Waals surface area contributed by atoms with E-state index in [4.69, 9.17) is 0 Å². The minimum atomic E-state index is -0.993. The molecule has 8 nitrogen and oxygen atoms in total. The number of hydrogen-bond acceptors (Lipinski definition) is 6. The van der Waals surface area contributed by atoms with Gasteiger partial charge in [0.05, 0.1) is 17.6 Å². The van der Waals surface area contributed by atoms with Crippen LogP contribution in [0.4, 0.5) is 0 Å². The number of Topliss-reactive ketones (excluding diaryl/α,β-unsaturated/α-hetero) is 1. The summed E-state index contributed by atoms with van der Waals surface area (Å²) in [5, 5.41) is 17.2. The zero-order chi connectivity index (χ0) is 30.6. The van der Waals surface area contributed by atoms with Crippen molar-refractivity contribution in [1.29, 1.82) is 0 Å². The summed E-state index contributed by atoms with van der Waals surface area (Å²) in [6, 6.07) is 30.9. The van der Waals surface area contributed by atoms with Crippen LogP contribution >= 0.6 is 11.8 Å². The molecule has 4 aromatic carbocycles. The average Bonchev–Trinajstić information content (AvgIpc) is 3.05. The van der Waals surface area contributed by atoms with Crippen LogP contribution in [0.5, 0.6) is 0 Å². The number of ketones is 1. The summed E-state index contributed by atoms with van der Waals surface area (Å²) in [6.45, 7) is 0. The van der Waals surface area contributed by atoms with Crippen LogP contribution in [-0.2, 0) is 27.2 Å². The molecule has 222 valence electrons. The summed E-state index contributed by atoms with van der Waals surface area (Å²) in [5.74, 6) is -3.46. The zero-order valence-corrected chi connectivity index (χ0v) is 24.7. The highest BCUT2D eigenvalue weighted by Gasteiger charge is 2.36. The number of carbonyl (C=O) groups excluding carboxylic acids is 4. The van der Waals surface area contributed by atoms with Gasteiger partial charge in [0.15, 0.2) is 5.78 Å². The topological polar surface area (TPSA) is 125 Å². The fraction of sp³-hybridized carbons (Fsp3) is 0.235. The average molecular weight is 598 g/mol. The molecule has 43 heavy (non-hydrogen) atoms. The Balaban J connectivity index is 1.60. The first-order valence-corrected chi connectivity index (χ1v) is 15.2. The standard InChI is InChI=1S/C34H35N3O5S/c1-35-34(41)30(20-23-10-4-2-5-11-23)36-32(39)28(19-24-16-17-25-12-8-9-15-27(25)18-24)29(33(40)37-42)21-43-22-31(38)26-13-6-3-7-14-26/h2-18,28-30,42H,19-22H2,1H3,(H,35,41)(H,36,39)(H,37,40)/t28-,29+,30+/m1/s1. The normalized spacial score (nSPS) is 13.0. The van der Waals surface area contributed by atoms with Crippen molar-refractivity contribution in [2.45, 2.75) is 18.9 Å². The van der Waals surface area contributed by atoms with E-state index in [-0.39, 0.29) is 36.0 Å². The number of carbonyl (C=O) groups is 4. The molecule has 3 atom stereocenters. The highest BCUT2D eigenvalue weighted by Crippen LogP contribution is 2.26. The van der Waals surface area contributed by atoms with Crippen LogP contribution < -0.4 is 16.1 Å². The molecule has 0 radical (unpaired) electrons. The Bertz CT molecular complexity index is 1550. The molecule has 0 aliphatic rings. The van der Waals surface area contributed by atoms with Gasteiger partial charge in [0.25, 0.3) is 0 Å². The molecule has 0 spiro atoms. The van der Waals surface area contributed by atoms with E-state index in [0.717, 1.165) is 21.9 Å². The van der Waals surface area contributed by atoms with Gasteiger partial charge in [-0.3, -0.25) is 24.4 Å². The van der Waals surface area contributed by atoms with Gasteiger partial charge in [0.2, 0.25) is 17.7 Å². The lowest BCUT2D eigenvalue weighted by molar-refractivity contribution is -0.140. The SMILES string of the molecule is CNC(=O)[C@H](Cc1ccccc1)NC(=O)[C@H](Cc1ccc2ccccc2c1)[C@H](CSCC(=O)c1ccccc1)C(=O)NO. The Kier molecular flexibility index (Phi) is 11.5. The van der Waals surface area contributed by atoms with E-state index in [1.165, 1.54) is 18.8 Å². The number of hydrogen-bond donors (Lipinski definition) is 4. The maximum atomic E-state index is 14.0. The van der Waals surface area contributed by atoms with Crippen molar-refractivity contribution in [2.24, 2.45) is 11.8 Å². The molecular formula is C34H35N3O5S. The van der Waals surface area contributed by atoms with Crippen molar-refractivity contribution >= 4 is 46.0 Å². The summed E-state index contributed by atoms with van der Waals surface area (Å²) in [4.78, 5) is 52.6. The molecule has 0 heterocycles. The lowest BCUT2D eigenvalue weighted by Crippen LogP contribution is -2.51. The van der Waals surface area contributed by atoms with Crippen LogP contribution in [0.1, 0.15) is 21.5 Å². The Morgan fingerprint density at radius 1 is 0.698 bits per heavy atom.